The monoisotopic (exact) mass is 356 g/mol. The quantitative estimate of drug-likeness (QED) is 0.672. The summed E-state index contributed by atoms with van der Waals surface area (Å²) in [5.41, 5.74) is 4.36. The van der Waals surface area contributed by atoms with Gasteiger partial charge < -0.3 is 19.3 Å². The Bertz CT molecular complexity index is 653. The SMILES string of the molecule is COC1=CC2=CC3=C(CCCC3)N(C)C2C=C1OCCCN1CCCC1. The number of hydrogen-bond acceptors (Lipinski definition) is 4. The van der Waals surface area contributed by atoms with Gasteiger partial charge in [-0.15, -0.1) is 0 Å². The predicted molar refractivity (Wildman–Crippen MR) is 105 cm³/mol. The molecule has 4 rings (SSSR count). The highest BCUT2D eigenvalue weighted by Gasteiger charge is 2.31. The van der Waals surface area contributed by atoms with Gasteiger partial charge >= 0.3 is 0 Å². The van der Waals surface area contributed by atoms with Crippen LogP contribution in [0.5, 0.6) is 0 Å². The maximum atomic E-state index is 6.15. The van der Waals surface area contributed by atoms with Gasteiger partial charge in [0.25, 0.3) is 0 Å². The Kier molecular flexibility index (Phi) is 5.39. The summed E-state index contributed by atoms with van der Waals surface area (Å²) in [6, 6.07) is 0.277. The molecule has 2 aliphatic heterocycles. The molecule has 1 saturated heterocycles. The van der Waals surface area contributed by atoms with Gasteiger partial charge in [0.2, 0.25) is 0 Å². The molecule has 4 heteroatoms. The smallest absolute Gasteiger partial charge is 0.160 e. The highest BCUT2D eigenvalue weighted by molar-refractivity contribution is 5.50. The Morgan fingerprint density at radius 1 is 1.04 bits per heavy atom. The first kappa shape index (κ1) is 17.7. The van der Waals surface area contributed by atoms with Crippen molar-refractivity contribution in [2.24, 2.45) is 0 Å². The zero-order valence-corrected chi connectivity index (χ0v) is 16.3. The van der Waals surface area contributed by atoms with Crippen LogP contribution in [-0.4, -0.2) is 56.2 Å². The Morgan fingerprint density at radius 2 is 1.85 bits per heavy atom. The third kappa shape index (κ3) is 3.57. The molecule has 26 heavy (non-hydrogen) atoms. The van der Waals surface area contributed by atoms with Crippen molar-refractivity contribution in [2.45, 2.75) is 51.0 Å². The lowest BCUT2D eigenvalue weighted by molar-refractivity contribution is 0.158. The molecule has 0 aromatic heterocycles. The van der Waals surface area contributed by atoms with Gasteiger partial charge in [0.05, 0.1) is 19.8 Å². The molecule has 0 bridgehead atoms. The fourth-order valence-electron chi connectivity index (χ4n) is 4.69. The van der Waals surface area contributed by atoms with E-state index in [1.807, 2.05) is 0 Å². The summed E-state index contributed by atoms with van der Waals surface area (Å²) >= 11 is 0. The summed E-state index contributed by atoms with van der Waals surface area (Å²) in [6.45, 7) is 4.41. The molecule has 4 aliphatic rings. The van der Waals surface area contributed by atoms with Crippen molar-refractivity contribution in [3.05, 3.63) is 46.6 Å². The van der Waals surface area contributed by atoms with Gasteiger partial charge in [0, 0.05) is 19.3 Å². The zero-order chi connectivity index (χ0) is 17.9. The Morgan fingerprint density at radius 3 is 2.65 bits per heavy atom. The minimum absolute atomic E-state index is 0.277. The number of likely N-dealkylation sites (N-methyl/N-ethyl adjacent to an activating group) is 1. The Labute approximate surface area is 157 Å². The second-order valence-electron chi connectivity index (χ2n) is 7.87. The van der Waals surface area contributed by atoms with E-state index in [9.17, 15) is 0 Å². The van der Waals surface area contributed by atoms with Crippen molar-refractivity contribution in [2.75, 3.05) is 40.4 Å². The highest BCUT2D eigenvalue weighted by atomic mass is 16.5. The third-order valence-corrected chi connectivity index (χ3v) is 6.15. The summed E-state index contributed by atoms with van der Waals surface area (Å²) in [5.74, 6) is 1.77. The average Bonchev–Trinajstić information content (AvgIpc) is 3.19. The number of hydrogen-bond donors (Lipinski definition) is 0. The topological polar surface area (TPSA) is 24.9 Å². The molecule has 0 amide bonds. The van der Waals surface area contributed by atoms with E-state index in [1.54, 1.807) is 7.11 Å². The number of ether oxygens (including phenoxy) is 2. The van der Waals surface area contributed by atoms with Crippen molar-refractivity contribution in [1.82, 2.24) is 9.80 Å². The summed E-state index contributed by atoms with van der Waals surface area (Å²) in [7, 11) is 3.97. The molecule has 1 fully saturated rings. The lowest BCUT2D eigenvalue weighted by Gasteiger charge is -2.40. The second-order valence-corrected chi connectivity index (χ2v) is 7.87. The van der Waals surface area contributed by atoms with Crippen LogP contribution in [0.2, 0.25) is 0 Å². The van der Waals surface area contributed by atoms with Gasteiger partial charge in [-0.05, 0) is 81.3 Å². The van der Waals surface area contributed by atoms with Crippen LogP contribution in [0.25, 0.3) is 0 Å². The molecular weight excluding hydrogens is 324 g/mol. The van der Waals surface area contributed by atoms with Crippen LogP contribution in [0.3, 0.4) is 0 Å². The number of nitrogens with zero attached hydrogens (tertiary/aromatic N) is 2. The summed E-state index contributed by atoms with van der Waals surface area (Å²) in [4.78, 5) is 4.98. The summed E-state index contributed by atoms with van der Waals surface area (Å²) in [6.07, 6.45) is 15.6. The summed E-state index contributed by atoms with van der Waals surface area (Å²) < 4.78 is 11.8. The number of fused-ring (bicyclic) bond motifs is 1. The fourth-order valence-corrected chi connectivity index (χ4v) is 4.69. The molecule has 142 valence electrons. The van der Waals surface area contributed by atoms with E-state index in [0.717, 1.165) is 31.1 Å². The van der Waals surface area contributed by atoms with Crippen LogP contribution in [0.4, 0.5) is 0 Å². The fraction of sp³-hybridized carbons (Fsp3) is 0.636. The first-order valence-corrected chi connectivity index (χ1v) is 10.3. The normalized spacial score (nSPS) is 26.0. The number of allylic oxidation sites excluding steroid dienone is 3. The van der Waals surface area contributed by atoms with Crippen molar-refractivity contribution < 1.29 is 9.47 Å². The van der Waals surface area contributed by atoms with E-state index in [1.165, 1.54) is 68.5 Å². The molecule has 2 heterocycles. The highest BCUT2D eigenvalue weighted by Crippen LogP contribution is 2.38. The molecule has 4 nitrogen and oxygen atoms in total. The zero-order valence-electron chi connectivity index (χ0n) is 16.3. The predicted octanol–water partition coefficient (Wildman–Crippen LogP) is 3.99. The van der Waals surface area contributed by atoms with Gasteiger partial charge in [0.15, 0.2) is 11.5 Å². The van der Waals surface area contributed by atoms with Crippen LogP contribution in [0.1, 0.15) is 44.9 Å². The molecule has 0 saturated carbocycles. The molecule has 1 unspecified atom stereocenters. The lowest BCUT2D eigenvalue weighted by atomic mass is 9.86. The van der Waals surface area contributed by atoms with E-state index in [0.29, 0.717) is 0 Å². The lowest BCUT2D eigenvalue weighted by Crippen LogP contribution is -2.37. The molecule has 0 N–H and O–H groups in total. The van der Waals surface area contributed by atoms with Crippen LogP contribution in [-0.2, 0) is 9.47 Å². The van der Waals surface area contributed by atoms with E-state index in [4.69, 9.17) is 9.47 Å². The van der Waals surface area contributed by atoms with E-state index in [2.05, 4.69) is 35.1 Å². The minimum atomic E-state index is 0.277. The van der Waals surface area contributed by atoms with E-state index in [-0.39, 0.29) is 6.04 Å². The number of rotatable bonds is 6. The number of likely N-dealkylation sites (tertiary alicyclic amines) is 1. The van der Waals surface area contributed by atoms with Crippen LogP contribution in [0.15, 0.2) is 46.6 Å². The van der Waals surface area contributed by atoms with Gasteiger partial charge in [-0.1, -0.05) is 6.08 Å². The maximum absolute atomic E-state index is 6.15. The first-order valence-electron chi connectivity index (χ1n) is 10.3. The molecular formula is C22H32N2O2. The van der Waals surface area contributed by atoms with E-state index >= 15 is 0 Å². The Hall–Kier alpha value is -1.68. The van der Waals surface area contributed by atoms with Gasteiger partial charge in [-0.2, -0.15) is 0 Å². The maximum Gasteiger partial charge on any atom is 0.160 e. The van der Waals surface area contributed by atoms with Crippen LogP contribution >= 0.6 is 0 Å². The van der Waals surface area contributed by atoms with Crippen molar-refractivity contribution in [3.8, 4) is 0 Å². The van der Waals surface area contributed by atoms with Gasteiger partial charge in [-0.25, -0.2) is 0 Å². The summed E-state index contributed by atoms with van der Waals surface area (Å²) in [5, 5.41) is 0. The average molecular weight is 357 g/mol. The molecule has 0 spiro atoms. The first-order chi connectivity index (χ1) is 12.8. The largest absolute Gasteiger partial charge is 0.493 e. The van der Waals surface area contributed by atoms with E-state index < -0.39 is 0 Å². The van der Waals surface area contributed by atoms with Crippen LogP contribution in [0, 0.1) is 0 Å². The molecule has 0 aromatic rings. The molecule has 0 radical (unpaired) electrons. The molecule has 2 aliphatic carbocycles. The minimum Gasteiger partial charge on any atom is -0.493 e. The van der Waals surface area contributed by atoms with Gasteiger partial charge in [0.1, 0.15) is 0 Å². The molecule has 0 aromatic carbocycles. The van der Waals surface area contributed by atoms with Crippen molar-refractivity contribution in [3.63, 3.8) is 0 Å². The Balaban J connectivity index is 1.42. The third-order valence-electron chi connectivity index (χ3n) is 6.15. The van der Waals surface area contributed by atoms with Crippen LogP contribution < -0.4 is 0 Å². The second kappa shape index (κ2) is 7.91. The van der Waals surface area contributed by atoms with Crippen molar-refractivity contribution >= 4 is 0 Å². The van der Waals surface area contributed by atoms with Gasteiger partial charge in [-0.3, -0.25) is 0 Å². The standard InChI is InChI=1S/C22H32N2O2/c1-23-19-9-4-3-8-17(19)14-18-15-21(25-2)22(16-20(18)23)26-13-7-12-24-10-5-6-11-24/h14-16,20H,3-13H2,1-2H3. The molecule has 1 atom stereocenters. The number of methoxy groups -OCH3 is 1. The van der Waals surface area contributed by atoms with Crippen molar-refractivity contribution in [1.29, 1.82) is 0 Å².